The summed E-state index contributed by atoms with van der Waals surface area (Å²) in [6.45, 7) is 3.35. The number of hydrogen-bond donors (Lipinski definition) is 1. The first-order chi connectivity index (χ1) is 7.74. The molecule has 16 heavy (non-hydrogen) atoms. The molecule has 1 aliphatic carbocycles. The third-order valence-corrected chi connectivity index (χ3v) is 3.55. The summed E-state index contributed by atoms with van der Waals surface area (Å²) >= 11 is 0. The van der Waals surface area contributed by atoms with E-state index in [2.05, 4.69) is 23.4 Å². The minimum absolute atomic E-state index is 0.661. The van der Waals surface area contributed by atoms with E-state index in [1.54, 1.807) is 0 Å². The molecule has 3 nitrogen and oxygen atoms in total. The highest BCUT2D eigenvalue weighted by Crippen LogP contribution is 2.30. The molecule has 0 saturated heterocycles. The standard InChI is InChI=1S/C13H23N3/c1-11(10-12-4-3-5-12)14-8-6-13-7-9-16(2)15-13/h7,9,11-12,14H,3-6,8,10H2,1-2H3. The maximum Gasteiger partial charge on any atom is 0.0637 e. The summed E-state index contributed by atoms with van der Waals surface area (Å²) in [6.07, 6.45) is 8.75. The van der Waals surface area contributed by atoms with Crippen molar-refractivity contribution in [2.24, 2.45) is 13.0 Å². The van der Waals surface area contributed by atoms with Gasteiger partial charge in [-0.3, -0.25) is 4.68 Å². The lowest BCUT2D eigenvalue weighted by Gasteiger charge is -2.28. The van der Waals surface area contributed by atoms with Crippen molar-refractivity contribution in [1.29, 1.82) is 0 Å². The zero-order valence-corrected chi connectivity index (χ0v) is 10.4. The molecule has 0 spiro atoms. The van der Waals surface area contributed by atoms with Crippen molar-refractivity contribution in [3.05, 3.63) is 18.0 Å². The van der Waals surface area contributed by atoms with E-state index >= 15 is 0 Å². The van der Waals surface area contributed by atoms with Crippen molar-refractivity contribution in [2.45, 2.75) is 45.1 Å². The molecule has 90 valence electrons. The fourth-order valence-electron chi connectivity index (χ4n) is 2.35. The second-order valence-electron chi connectivity index (χ2n) is 5.12. The topological polar surface area (TPSA) is 29.9 Å². The summed E-state index contributed by atoms with van der Waals surface area (Å²) in [7, 11) is 1.97. The molecule has 1 unspecified atom stereocenters. The maximum absolute atomic E-state index is 4.37. The first-order valence-corrected chi connectivity index (χ1v) is 6.46. The third-order valence-electron chi connectivity index (χ3n) is 3.55. The van der Waals surface area contributed by atoms with Crippen LogP contribution in [0.1, 0.15) is 38.3 Å². The van der Waals surface area contributed by atoms with Crippen LogP contribution < -0.4 is 5.32 Å². The van der Waals surface area contributed by atoms with Crippen LogP contribution in [0.4, 0.5) is 0 Å². The molecule has 1 saturated carbocycles. The van der Waals surface area contributed by atoms with Crippen molar-refractivity contribution < 1.29 is 0 Å². The molecule has 2 rings (SSSR count). The van der Waals surface area contributed by atoms with Crippen molar-refractivity contribution in [1.82, 2.24) is 15.1 Å². The van der Waals surface area contributed by atoms with E-state index in [0.29, 0.717) is 6.04 Å². The van der Waals surface area contributed by atoms with E-state index in [1.807, 2.05) is 17.9 Å². The summed E-state index contributed by atoms with van der Waals surface area (Å²) < 4.78 is 1.87. The van der Waals surface area contributed by atoms with Gasteiger partial charge in [0.1, 0.15) is 0 Å². The lowest BCUT2D eigenvalue weighted by molar-refractivity contribution is 0.266. The largest absolute Gasteiger partial charge is 0.314 e. The number of aryl methyl sites for hydroxylation is 1. The monoisotopic (exact) mass is 221 g/mol. The van der Waals surface area contributed by atoms with E-state index in [4.69, 9.17) is 0 Å². The highest BCUT2D eigenvalue weighted by Gasteiger charge is 2.19. The quantitative estimate of drug-likeness (QED) is 0.797. The van der Waals surface area contributed by atoms with Gasteiger partial charge in [0.25, 0.3) is 0 Å². The Morgan fingerprint density at radius 1 is 1.56 bits per heavy atom. The Balaban J connectivity index is 1.59. The molecule has 1 N–H and O–H groups in total. The Morgan fingerprint density at radius 2 is 2.38 bits per heavy atom. The zero-order chi connectivity index (χ0) is 11.4. The van der Waals surface area contributed by atoms with Gasteiger partial charge < -0.3 is 5.32 Å². The van der Waals surface area contributed by atoms with Gasteiger partial charge in [0.05, 0.1) is 5.69 Å². The molecule has 0 radical (unpaired) electrons. The molecule has 1 fully saturated rings. The van der Waals surface area contributed by atoms with Crippen molar-refractivity contribution in [3.8, 4) is 0 Å². The Morgan fingerprint density at radius 3 is 2.94 bits per heavy atom. The first-order valence-electron chi connectivity index (χ1n) is 6.46. The number of nitrogens with one attached hydrogen (secondary N) is 1. The third kappa shape index (κ3) is 3.34. The van der Waals surface area contributed by atoms with Crippen LogP contribution >= 0.6 is 0 Å². The van der Waals surface area contributed by atoms with Crippen LogP contribution in [0.3, 0.4) is 0 Å². The molecule has 0 amide bonds. The van der Waals surface area contributed by atoms with Crippen LogP contribution in [0.25, 0.3) is 0 Å². The predicted molar refractivity (Wildman–Crippen MR) is 66.3 cm³/mol. The lowest BCUT2D eigenvalue weighted by atomic mass is 9.81. The highest BCUT2D eigenvalue weighted by atomic mass is 15.2. The smallest absolute Gasteiger partial charge is 0.0637 e. The SMILES string of the molecule is CC(CC1CCC1)NCCc1ccn(C)n1. The van der Waals surface area contributed by atoms with Gasteiger partial charge in [-0.05, 0) is 25.3 Å². The summed E-state index contributed by atoms with van der Waals surface area (Å²) in [4.78, 5) is 0. The van der Waals surface area contributed by atoms with Gasteiger partial charge in [-0.1, -0.05) is 19.3 Å². The average Bonchev–Trinajstić information content (AvgIpc) is 2.58. The molecule has 1 aromatic heterocycles. The molecule has 3 heteroatoms. The van der Waals surface area contributed by atoms with E-state index in [1.165, 1.54) is 31.4 Å². The van der Waals surface area contributed by atoms with Crippen molar-refractivity contribution >= 4 is 0 Å². The molecule has 0 bridgehead atoms. The predicted octanol–water partition coefficient (Wildman–Crippen LogP) is 2.13. The second-order valence-corrected chi connectivity index (χ2v) is 5.12. The molecule has 0 aliphatic heterocycles. The van der Waals surface area contributed by atoms with Gasteiger partial charge in [-0.25, -0.2) is 0 Å². The summed E-state index contributed by atoms with van der Waals surface area (Å²) in [5.41, 5.74) is 1.19. The summed E-state index contributed by atoms with van der Waals surface area (Å²) in [5, 5.41) is 7.96. The Kier molecular flexibility index (Phi) is 3.99. The number of rotatable bonds is 6. The Bertz CT molecular complexity index is 315. The van der Waals surface area contributed by atoms with Crippen LogP contribution in [0, 0.1) is 5.92 Å². The van der Waals surface area contributed by atoms with Gasteiger partial charge >= 0.3 is 0 Å². The van der Waals surface area contributed by atoms with E-state index in [-0.39, 0.29) is 0 Å². The molecule has 1 heterocycles. The van der Waals surface area contributed by atoms with Gasteiger partial charge in [0.2, 0.25) is 0 Å². The first kappa shape index (κ1) is 11.6. The van der Waals surface area contributed by atoms with E-state index in [9.17, 15) is 0 Å². The van der Waals surface area contributed by atoms with Crippen LogP contribution in [-0.2, 0) is 13.5 Å². The molecule has 1 aliphatic rings. The summed E-state index contributed by atoms with van der Waals surface area (Å²) in [5.74, 6) is 0.998. The van der Waals surface area contributed by atoms with Crippen LogP contribution in [0.2, 0.25) is 0 Å². The normalized spacial score (nSPS) is 18.4. The van der Waals surface area contributed by atoms with Crippen LogP contribution in [0.5, 0.6) is 0 Å². The van der Waals surface area contributed by atoms with Crippen molar-refractivity contribution in [3.63, 3.8) is 0 Å². The Labute approximate surface area is 98.2 Å². The van der Waals surface area contributed by atoms with Gasteiger partial charge in [0.15, 0.2) is 0 Å². The average molecular weight is 221 g/mol. The van der Waals surface area contributed by atoms with Gasteiger partial charge in [-0.2, -0.15) is 5.10 Å². The minimum atomic E-state index is 0.661. The molecule has 0 aromatic carbocycles. The Hall–Kier alpha value is -0.830. The van der Waals surface area contributed by atoms with E-state index in [0.717, 1.165) is 18.9 Å². The maximum atomic E-state index is 4.37. The van der Waals surface area contributed by atoms with E-state index < -0.39 is 0 Å². The second kappa shape index (κ2) is 5.48. The van der Waals surface area contributed by atoms with Crippen molar-refractivity contribution in [2.75, 3.05) is 6.54 Å². The van der Waals surface area contributed by atoms with Crippen LogP contribution in [0.15, 0.2) is 12.3 Å². The molecular formula is C13H23N3. The zero-order valence-electron chi connectivity index (χ0n) is 10.4. The fraction of sp³-hybridized carbons (Fsp3) is 0.769. The minimum Gasteiger partial charge on any atom is -0.314 e. The number of hydrogen-bond acceptors (Lipinski definition) is 2. The number of nitrogens with zero attached hydrogens (tertiary/aromatic N) is 2. The fourth-order valence-corrected chi connectivity index (χ4v) is 2.35. The lowest BCUT2D eigenvalue weighted by Crippen LogP contribution is -2.31. The van der Waals surface area contributed by atoms with Crippen LogP contribution in [-0.4, -0.2) is 22.4 Å². The van der Waals surface area contributed by atoms with Gasteiger partial charge in [-0.15, -0.1) is 0 Å². The molecule has 1 atom stereocenters. The molecular weight excluding hydrogens is 198 g/mol. The molecule has 1 aromatic rings. The highest BCUT2D eigenvalue weighted by molar-refractivity contribution is 4.99. The summed E-state index contributed by atoms with van der Waals surface area (Å²) in [6, 6.07) is 2.76. The van der Waals surface area contributed by atoms with Gasteiger partial charge in [0, 0.05) is 32.3 Å². The number of aromatic nitrogens is 2.